The van der Waals surface area contributed by atoms with Crippen LogP contribution in [0.4, 0.5) is 5.69 Å². The maximum Gasteiger partial charge on any atom is 0.0720 e. The summed E-state index contributed by atoms with van der Waals surface area (Å²) in [5.41, 5.74) is 4.64. The van der Waals surface area contributed by atoms with Crippen molar-refractivity contribution in [1.29, 1.82) is 0 Å². The molecule has 0 amide bonds. The van der Waals surface area contributed by atoms with Gasteiger partial charge in [-0.05, 0) is 24.1 Å². The van der Waals surface area contributed by atoms with Crippen LogP contribution in [0.1, 0.15) is 26.8 Å². The molecule has 3 nitrogen and oxygen atoms in total. The molecule has 0 saturated heterocycles. The fourth-order valence-corrected chi connectivity index (χ4v) is 1.97. The van der Waals surface area contributed by atoms with Gasteiger partial charge in [0.2, 0.25) is 0 Å². The van der Waals surface area contributed by atoms with Crippen molar-refractivity contribution in [3.05, 3.63) is 42.4 Å². The Morgan fingerprint density at radius 3 is 2.72 bits per heavy atom. The Kier molecular flexibility index (Phi) is 5.31. The molecule has 1 aliphatic rings. The van der Waals surface area contributed by atoms with Gasteiger partial charge in [-0.1, -0.05) is 27.3 Å². The molecule has 3 rings (SSSR count). The van der Waals surface area contributed by atoms with Crippen molar-refractivity contribution < 1.29 is 0 Å². The molecule has 0 unspecified atom stereocenters. The van der Waals surface area contributed by atoms with Crippen LogP contribution in [0.15, 0.2) is 36.8 Å². The summed E-state index contributed by atoms with van der Waals surface area (Å²) in [4.78, 5) is 8.59. The molecule has 1 aliphatic heterocycles. The van der Waals surface area contributed by atoms with E-state index in [4.69, 9.17) is 0 Å². The molecule has 0 atom stereocenters. The van der Waals surface area contributed by atoms with Crippen LogP contribution in [-0.2, 0) is 6.42 Å². The van der Waals surface area contributed by atoms with Crippen molar-refractivity contribution in [3.8, 4) is 11.3 Å². The summed E-state index contributed by atoms with van der Waals surface area (Å²) in [7, 11) is 0. The SMILES string of the molecule is C.CC.c1ccc(-c2cncc3c2CCN3)nc1. The lowest BCUT2D eigenvalue weighted by Gasteiger charge is -2.05. The topological polar surface area (TPSA) is 37.8 Å². The first-order chi connectivity index (χ1) is 8.45. The molecular weight excluding hydrogens is 222 g/mol. The highest BCUT2D eigenvalue weighted by molar-refractivity contribution is 5.72. The third kappa shape index (κ3) is 2.67. The van der Waals surface area contributed by atoms with Crippen LogP contribution in [0.3, 0.4) is 0 Å². The molecular formula is C15H21N3. The molecule has 0 fully saturated rings. The van der Waals surface area contributed by atoms with Crippen LogP contribution in [0.2, 0.25) is 0 Å². The highest BCUT2D eigenvalue weighted by Gasteiger charge is 2.15. The van der Waals surface area contributed by atoms with Crippen LogP contribution in [-0.4, -0.2) is 16.5 Å². The average molecular weight is 243 g/mol. The van der Waals surface area contributed by atoms with E-state index in [0.717, 1.165) is 29.9 Å². The van der Waals surface area contributed by atoms with Gasteiger partial charge < -0.3 is 5.32 Å². The summed E-state index contributed by atoms with van der Waals surface area (Å²) in [6.07, 6.45) is 6.66. The normalized spacial score (nSPS) is 11.4. The maximum atomic E-state index is 4.36. The van der Waals surface area contributed by atoms with Gasteiger partial charge in [0.15, 0.2) is 0 Å². The highest BCUT2D eigenvalue weighted by Crippen LogP contribution is 2.30. The van der Waals surface area contributed by atoms with E-state index in [2.05, 4.69) is 15.3 Å². The van der Waals surface area contributed by atoms with Crippen molar-refractivity contribution in [3.63, 3.8) is 0 Å². The van der Waals surface area contributed by atoms with E-state index in [1.807, 2.05) is 50.6 Å². The third-order valence-electron chi connectivity index (χ3n) is 2.69. The maximum absolute atomic E-state index is 4.36. The van der Waals surface area contributed by atoms with E-state index < -0.39 is 0 Å². The number of hydrogen-bond acceptors (Lipinski definition) is 3. The zero-order valence-electron chi connectivity index (χ0n) is 10.3. The number of fused-ring (bicyclic) bond motifs is 1. The summed E-state index contributed by atoms with van der Waals surface area (Å²) in [6.45, 7) is 5.00. The van der Waals surface area contributed by atoms with Crippen molar-refractivity contribution >= 4 is 5.69 Å². The predicted octanol–water partition coefficient (Wildman–Crippen LogP) is 3.77. The summed E-state index contributed by atoms with van der Waals surface area (Å²) >= 11 is 0. The lowest BCUT2D eigenvalue weighted by atomic mass is 10.0. The monoisotopic (exact) mass is 243 g/mol. The first-order valence-electron chi connectivity index (χ1n) is 6.07. The number of nitrogens with zero attached hydrogens (tertiary/aromatic N) is 2. The van der Waals surface area contributed by atoms with Crippen LogP contribution in [0.25, 0.3) is 11.3 Å². The molecule has 0 aliphatic carbocycles. The molecule has 3 heteroatoms. The molecule has 2 aromatic heterocycles. The zero-order valence-corrected chi connectivity index (χ0v) is 10.3. The lowest BCUT2D eigenvalue weighted by Crippen LogP contribution is -1.90. The Labute approximate surface area is 109 Å². The minimum atomic E-state index is 0. The fraction of sp³-hybridized carbons (Fsp3) is 0.333. The minimum Gasteiger partial charge on any atom is -0.383 e. The number of aromatic nitrogens is 2. The van der Waals surface area contributed by atoms with Gasteiger partial charge in [-0.15, -0.1) is 0 Å². The first kappa shape index (κ1) is 14.2. The number of hydrogen-bond donors (Lipinski definition) is 1. The Balaban J connectivity index is 0.000000516. The second-order valence-corrected chi connectivity index (χ2v) is 3.60. The summed E-state index contributed by atoms with van der Waals surface area (Å²) in [5.74, 6) is 0. The van der Waals surface area contributed by atoms with Gasteiger partial charge in [0, 0.05) is 24.5 Å². The Hall–Kier alpha value is -1.90. The number of pyridine rings is 2. The smallest absolute Gasteiger partial charge is 0.0720 e. The standard InChI is InChI=1S/C12H11N3.C2H6.CH4/c1-2-5-14-11(3-1)10-7-13-8-12-9(10)4-6-15-12;1-2;/h1-3,5,7-8,15H,4,6H2;1-2H3;1H4. The van der Waals surface area contributed by atoms with E-state index in [-0.39, 0.29) is 7.43 Å². The molecule has 2 aromatic rings. The van der Waals surface area contributed by atoms with Crippen molar-refractivity contribution in [2.24, 2.45) is 0 Å². The largest absolute Gasteiger partial charge is 0.383 e. The van der Waals surface area contributed by atoms with E-state index >= 15 is 0 Å². The Morgan fingerprint density at radius 1 is 1.17 bits per heavy atom. The van der Waals surface area contributed by atoms with Gasteiger partial charge in [0.25, 0.3) is 0 Å². The molecule has 18 heavy (non-hydrogen) atoms. The summed E-state index contributed by atoms with van der Waals surface area (Å²) in [5, 5.41) is 3.32. The van der Waals surface area contributed by atoms with E-state index in [1.54, 1.807) is 0 Å². The molecule has 1 N–H and O–H groups in total. The molecule has 0 bridgehead atoms. The van der Waals surface area contributed by atoms with Gasteiger partial charge in [0.05, 0.1) is 17.6 Å². The molecule has 3 heterocycles. The predicted molar refractivity (Wildman–Crippen MR) is 77.7 cm³/mol. The van der Waals surface area contributed by atoms with Crippen LogP contribution in [0, 0.1) is 0 Å². The molecule has 96 valence electrons. The first-order valence-corrected chi connectivity index (χ1v) is 6.07. The Morgan fingerprint density at radius 2 is 2.00 bits per heavy atom. The van der Waals surface area contributed by atoms with Gasteiger partial charge in [0.1, 0.15) is 0 Å². The van der Waals surface area contributed by atoms with Gasteiger partial charge >= 0.3 is 0 Å². The number of anilines is 1. The molecule has 0 saturated carbocycles. The van der Waals surface area contributed by atoms with Crippen LogP contribution >= 0.6 is 0 Å². The highest BCUT2D eigenvalue weighted by atomic mass is 14.9. The minimum absolute atomic E-state index is 0. The summed E-state index contributed by atoms with van der Waals surface area (Å²) in [6, 6.07) is 5.96. The van der Waals surface area contributed by atoms with E-state index in [0.29, 0.717) is 0 Å². The van der Waals surface area contributed by atoms with Crippen LogP contribution in [0.5, 0.6) is 0 Å². The van der Waals surface area contributed by atoms with Gasteiger partial charge in [-0.3, -0.25) is 9.97 Å². The number of rotatable bonds is 1. The average Bonchev–Trinajstić information content (AvgIpc) is 2.90. The Bertz CT molecular complexity index is 480. The van der Waals surface area contributed by atoms with Crippen LogP contribution < -0.4 is 5.32 Å². The third-order valence-corrected chi connectivity index (χ3v) is 2.69. The quantitative estimate of drug-likeness (QED) is 0.828. The summed E-state index contributed by atoms with van der Waals surface area (Å²) < 4.78 is 0. The molecule has 0 spiro atoms. The van der Waals surface area contributed by atoms with Gasteiger partial charge in [-0.25, -0.2) is 0 Å². The fourth-order valence-electron chi connectivity index (χ4n) is 1.97. The van der Waals surface area contributed by atoms with Gasteiger partial charge in [-0.2, -0.15) is 0 Å². The van der Waals surface area contributed by atoms with Crippen molar-refractivity contribution in [1.82, 2.24) is 9.97 Å². The second-order valence-electron chi connectivity index (χ2n) is 3.60. The number of nitrogens with one attached hydrogen (secondary N) is 1. The lowest BCUT2D eigenvalue weighted by molar-refractivity contribution is 1.10. The zero-order chi connectivity index (χ0) is 12.1. The molecule has 0 radical (unpaired) electrons. The van der Waals surface area contributed by atoms with Crippen molar-refractivity contribution in [2.75, 3.05) is 11.9 Å². The molecule has 0 aromatic carbocycles. The second kappa shape index (κ2) is 6.74. The van der Waals surface area contributed by atoms with E-state index in [9.17, 15) is 0 Å². The van der Waals surface area contributed by atoms with E-state index in [1.165, 1.54) is 5.56 Å². The van der Waals surface area contributed by atoms with Crippen molar-refractivity contribution in [2.45, 2.75) is 27.7 Å².